The van der Waals surface area contributed by atoms with Gasteiger partial charge < -0.3 is 10.6 Å². The molecule has 27 heavy (non-hydrogen) atoms. The monoisotopic (exact) mass is 366 g/mol. The molecule has 0 aliphatic heterocycles. The number of nitrogens with one attached hydrogen (secondary N) is 2. The van der Waals surface area contributed by atoms with Crippen LogP contribution in [0.3, 0.4) is 0 Å². The minimum absolute atomic E-state index is 0.0236. The fourth-order valence-corrected chi connectivity index (χ4v) is 3.15. The van der Waals surface area contributed by atoms with Crippen LogP contribution in [0.2, 0.25) is 0 Å². The molecule has 2 atom stereocenters. The maximum Gasteiger partial charge on any atom is 0.251 e. The van der Waals surface area contributed by atoms with Crippen LogP contribution in [0.25, 0.3) is 0 Å². The first kappa shape index (κ1) is 20.7. The summed E-state index contributed by atoms with van der Waals surface area (Å²) in [6.07, 6.45) is 0. The number of benzene rings is 2. The van der Waals surface area contributed by atoms with Crippen LogP contribution in [0.4, 0.5) is 0 Å². The van der Waals surface area contributed by atoms with Crippen LogP contribution in [0.15, 0.2) is 42.5 Å². The molecule has 2 rings (SSSR count). The van der Waals surface area contributed by atoms with Crippen LogP contribution in [-0.4, -0.2) is 17.9 Å². The molecule has 0 bridgehead atoms. The molecular formula is C23H30N2O2. The molecule has 0 fully saturated rings. The molecule has 2 amide bonds. The molecule has 0 aliphatic rings. The van der Waals surface area contributed by atoms with Gasteiger partial charge in [-0.1, -0.05) is 55.3 Å². The van der Waals surface area contributed by atoms with Crippen molar-refractivity contribution in [3.63, 3.8) is 0 Å². The van der Waals surface area contributed by atoms with E-state index in [0.29, 0.717) is 5.56 Å². The van der Waals surface area contributed by atoms with E-state index in [1.165, 1.54) is 0 Å². The molecule has 0 spiro atoms. The Bertz CT molecular complexity index is 827. The minimum Gasteiger partial charge on any atom is -0.348 e. The predicted octanol–water partition coefficient (Wildman–Crippen LogP) is 4.24. The number of rotatable bonds is 6. The number of carbonyl (C=O) groups is 2. The van der Waals surface area contributed by atoms with Gasteiger partial charge in [-0.05, 0) is 56.9 Å². The SMILES string of the molecule is Cc1cccc(C(=O)NC(C(=O)NC(C)c2cc(C)ccc2C)C(C)C)c1. The molecule has 0 saturated heterocycles. The van der Waals surface area contributed by atoms with Crippen LogP contribution in [0.5, 0.6) is 0 Å². The van der Waals surface area contributed by atoms with Gasteiger partial charge in [-0.2, -0.15) is 0 Å². The first-order valence-corrected chi connectivity index (χ1v) is 9.44. The van der Waals surface area contributed by atoms with Gasteiger partial charge in [0, 0.05) is 5.56 Å². The van der Waals surface area contributed by atoms with Gasteiger partial charge in [0.2, 0.25) is 5.91 Å². The maximum absolute atomic E-state index is 12.9. The Balaban J connectivity index is 2.12. The van der Waals surface area contributed by atoms with Gasteiger partial charge in [0.25, 0.3) is 5.91 Å². The van der Waals surface area contributed by atoms with E-state index in [1.807, 2.05) is 59.7 Å². The van der Waals surface area contributed by atoms with E-state index >= 15 is 0 Å². The zero-order valence-corrected chi connectivity index (χ0v) is 17.1. The molecule has 2 N–H and O–H groups in total. The third-order valence-electron chi connectivity index (χ3n) is 4.78. The summed E-state index contributed by atoms with van der Waals surface area (Å²) in [5.41, 5.74) is 4.96. The third-order valence-corrected chi connectivity index (χ3v) is 4.78. The third kappa shape index (κ3) is 5.43. The van der Waals surface area contributed by atoms with Crippen molar-refractivity contribution in [3.05, 3.63) is 70.3 Å². The second-order valence-corrected chi connectivity index (χ2v) is 7.65. The fourth-order valence-electron chi connectivity index (χ4n) is 3.15. The standard InChI is InChI=1S/C23H30N2O2/c1-14(2)21(25-22(26)19-9-7-8-15(3)12-19)23(27)24-18(6)20-13-16(4)10-11-17(20)5/h7-14,18,21H,1-6H3,(H,24,27)(H,25,26). The maximum atomic E-state index is 12.9. The topological polar surface area (TPSA) is 58.2 Å². The average molecular weight is 367 g/mol. The molecule has 0 heterocycles. The van der Waals surface area contributed by atoms with Gasteiger partial charge in [0.1, 0.15) is 6.04 Å². The van der Waals surface area contributed by atoms with Crippen LogP contribution >= 0.6 is 0 Å². The molecule has 0 aromatic heterocycles. The van der Waals surface area contributed by atoms with Crippen molar-refractivity contribution >= 4 is 11.8 Å². The largest absolute Gasteiger partial charge is 0.348 e. The lowest BCUT2D eigenvalue weighted by Crippen LogP contribution is -2.50. The molecule has 2 unspecified atom stereocenters. The smallest absolute Gasteiger partial charge is 0.251 e. The van der Waals surface area contributed by atoms with Gasteiger partial charge >= 0.3 is 0 Å². The van der Waals surface area contributed by atoms with E-state index in [9.17, 15) is 9.59 Å². The number of hydrogen-bond donors (Lipinski definition) is 2. The van der Waals surface area contributed by atoms with Crippen molar-refractivity contribution in [2.75, 3.05) is 0 Å². The van der Waals surface area contributed by atoms with E-state index in [0.717, 1.165) is 22.3 Å². The minimum atomic E-state index is -0.592. The highest BCUT2D eigenvalue weighted by Crippen LogP contribution is 2.19. The summed E-state index contributed by atoms with van der Waals surface area (Å²) in [5, 5.41) is 5.95. The highest BCUT2D eigenvalue weighted by molar-refractivity contribution is 5.97. The van der Waals surface area contributed by atoms with E-state index < -0.39 is 6.04 Å². The number of carbonyl (C=O) groups excluding carboxylic acids is 2. The molecule has 4 nitrogen and oxygen atoms in total. The Morgan fingerprint density at radius 1 is 0.852 bits per heavy atom. The molecule has 4 heteroatoms. The summed E-state index contributed by atoms with van der Waals surface area (Å²) in [4.78, 5) is 25.5. The summed E-state index contributed by atoms with van der Waals surface area (Å²) >= 11 is 0. The predicted molar refractivity (Wildman–Crippen MR) is 110 cm³/mol. The molecule has 2 aromatic rings. The average Bonchev–Trinajstić information content (AvgIpc) is 2.60. The van der Waals surface area contributed by atoms with Crippen molar-refractivity contribution in [1.82, 2.24) is 10.6 Å². The van der Waals surface area contributed by atoms with Crippen LogP contribution < -0.4 is 10.6 Å². The molecule has 0 radical (unpaired) electrons. The van der Waals surface area contributed by atoms with Crippen LogP contribution in [0, 0.1) is 26.7 Å². The van der Waals surface area contributed by atoms with E-state index in [-0.39, 0.29) is 23.8 Å². The molecule has 2 aromatic carbocycles. The first-order chi connectivity index (χ1) is 12.7. The quantitative estimate of drug-likeness (QED) is 0.803. The summed E-state index contributed by atoms with van der Waals surface area (Å²) in [6, 6.07) is 12.9. The molecular weight excluding hydrogens is 336 g/mol. The molecule has 144 valence electrons. The Hall–Kier alpha value is -2.62. The summed E-state index contributed by atoms with van der Waals surface area (Å²) in [5.74, 6) is -0.420. The summed E-state index contributed by atoms with van der Waals surface area (Å²) in [6.45, 7) is 11.9. The molecule has 0 aliphatic carbocycles. The lowest BCUT2D eigenvalue weighted by Gasteiger charge is -2.25. The number of amides is 2. The van der Waals surface area contributed by atoms with Crippen LogP contribution in [0.1, 0.15) is 59.4 Å². The van der Waals surface area contributed by atoms with Crippen molar-refractivity contribution in [2.24, 2.45) is 5.92 Å². The molecule has 0 saturated carbocycles. The van der Waals surface area contributed by atoms with Crippen molar-refractivity contribution < 1.29 is 9.59 Å². The lowest BCUT2D eigenvalue weighted by molar-refractivity contribution is -0.124. The van der Waals surface area contributed by atoms with Crippen molar-refractivity contribution in [1.29, 1.82) is 0 Å². The van der Waals surface area contributed by atoms with Gasteiger partial charge in [-0.25, -0.2) is 0 Å². The first-order valence-electron chi connectivity index (χ1n) is 9.44. The van der Waals surface area contributed by atoms with Gasteiger partial charge in [0.05, 0.1) is 6.04 Å². The Kier molecular flexibility index (Phi) is 6.78. The normalized spacial score (nSPS) is 13.1. The fraction of sp³-hybridized carbons (Fsp3) is 0.391. The highest BCUT2D eigenvalue weighted by atomic mass is 16.2. The van der Waals surface area contributed by atoms with Gasteiger partial charge in [-0.15, -0.1) is 0 Å². The zero-order valence-electron chi connectivity index (χ0n) is 17.1. The van der Waals surface area contributed by atoms with E-state index in [2.05, 4.69) is 28.8 Å². The van der Waals surface area contributed by atoms with E-state index in [4.69, 9.17) is 0 Å². The summed E-state index contributed by atoms with van der Waals surface area (Å²) in [7, 11) is 0. The Morgan fingerprint density at radius 3 is 2.15 bits per heavy atom. The number of aryl methyl sites for hydroxylation is 3. The van der Waals surface area contributed by atoms with Crippen molar-refractivity contribution in [2.45, 2.75) is 53.6 Å². The highest BCUT2D eigenvalue weighted by Gasteiger charge is 2.26. The number of hydrogen-bond acceptors (Lipinski definition) is 2. The Labute approximate surface area is 162 Å². The second-order valence-electron chi connectivity index (χ2n) is 7.65. The summed E-state index contributed by atoms with van der Waals surface area (Å²) < 4.78 is 0. The van der Waals surface area contributed by atoms with E-state index in [1.54, 1.807) is 6.07 Å². The second kappa shape index (κ2) is 8.85. The zero-order chi connectivity index (χ0) is 20.1. The van der Waals surface area contributed by atoms with Gasteiger partial charge in [0.15, 0.2) is 0 Å². The van der Waals surface area contributed by atoms with Crippen LogP contribution in [-0.2, 0) is 4.79 Å². The lowest BCUT2D eigenvalue weighted by atomic mass is 9.98. The Morgan fingerprint density at radius 2 is 1.52 bits per heavy atom. The van der Waals surface area contributed by atoms with Crippen molar-refractivity contribution in [3.8, 4) is 0 Å². The van der Waals surface area contributed by atoms with Gasteiger partial charge in [-0.3, -0.25) is 9.59 Å².